The highest BCUT2D eigenvalue weighted by atomic mass is 16.1. The number of rotatable bonds is 2. The minimum absolute atomic E-state index is 0.359. The molecule has 16 heavy (non-hydrogen) atoms. The van der Waals surface area contributed by atoms with E-state index in [0.29, 0.717) is 23.8 Å². The number of hydrogen-bond donors (Lipinski definition) is 1. The topological polar surface area (TPSA) is 29.1 Å². The first-order valence-electron chi connectivity index (χ1n) is 7.04. The molecule has 0 aromatic rings. The van der Waals surface area contributed by atoms with Gasteiger partial charge < -0.3 is 5.32 Å². The number of fused-ring (bicyclic) bond motifs is 1. The third-order valence-electron chi connectivity index (χ3n) is 5.05. The van der Waals surface area contributed by atoms with E-state index in [9.17, 15) is 4.79 Å². The highest BCUT2D eigenvalue weighted by molar-refractivity contribution is 5.79. The molecule has 2 nitrogen and oxygen atoms in total. The Balaban J connectivity index is 1.51. The van der Waals surface area contributed by atoms with E-state index in [2.05, 4.69) is 12.2 Å². The van der Waals surface area contributed by atoms with Crippen molar-refractivity contribution in [1.82, 2.24) is 5.32 Å². The molecule has 1 N–H and O–H groups in total. The largest absolute Gasteiger partial charge is 0.353 e. The van der Waals surface area contributed by atoms with Gasteiger partial charge in [-0.1, -0.05) is 19.8 Å². The summed E-state index contributed by atoms with van der Waals surface area (Å²) >= 11 is 0. The molecule has 0 aliphatic heterocycles. The number of carbonyl (C=O) groups is 1. The van der Waals surface area contributed by atoms with Gasteiger partial charge in [-0.3, -0.25) is 4.79 Å². The van der Waals surface area contributed by atoms with Crippen LogP contribution in [-0.2, 0) is 4.79 Å². The normalized spacial score (nSPS) is 46.2. The van der Waals surface area contributed by atoms with Crippen molar-refractivity contribution in [3.8, 4) is 0 Å². The lowest BCUT2D eigenvalue weighted by atomic mass is 9.85. The van der Waals surface area contributed by atoms with E-state index in [1.807, 2.05) is 0 Å². The van der Waals surface area contributed by atoms with Crippen molar-refractivity contribution < 1.29 is 4.79 Å². The van der Waals surface area contributed by atoms with E-state index < -0.39 is 0 Å². The van der Waals surface area contributed by atoms with Crippen LogP contribution in [0.2, 0.25) is 0 Å². The van der Waals surface area contributed by atoms with Gasteiger partial charge in [0.15, 0.2) is 0 Å². The second-order valence-corrected chi connectivity index (χ2v) is 6.30. The van der Waals surface area contributed by atoms with Crippen molar-refractivity contribution in [1.29, 1.82) is 0 Å². The minimum atomic E-state index is 0.359. The summed E-state index contributed by atoms with van der Waals surface area (Å²) in [6.07, 6.45) is 8.90. The molecular weight excluding hydrogens is 198 g/mol. The Kier molecular flexibility index (Phi) is 2.68. The lowest BCUT2D eigenvalue weighted by Gasteiger charge is -2.30. The second-order valence-electron chi connectivity index (χ2n) is 6.30. The Hall–Kier alpha value is -0.530. The van der Waals surface area contributed by atoms with Gasteiger partial charge in [0.2, 0.25) is 5.91 Å². The SMILES string of the molecule is CC1CCCCC1NC(=O)C1CC2CC2C1. The van der Waals surface area contributed by atoms with Crippen molar-refractivity contribution in [2.24, 2.45) is 23.7 Å². The standard InChI is InChI=1S/C14H23NO/c1-9-4-2-3-5-13(9)15-14(16)12-7-10-6-11(10)8-12/h9-13H,2-8H2,1H3,(H,15,16). The predicted octanol–water partition coefficient (Wildman–Crippen LogP) is 2.73. The van der Waals surface area contributed by atoms with Crippen molar-refractivity contribution >= 4 is 5.91 Å². The summed E-state index contributed by atoms with van der Waals surface area (Å²) in [5.74, 6) is 3.25. The zero-order valence-electron chi connectivity index (χ0n) is 10.2. The summed E-state index contributed by atoms with van der Waals surface area (Å²) in [5, 5.41) is 3.31. The molecule has 3 aliphatic carbocycles. The first kappa shape index (κ1) is 10.6. The van der Waals surface area contributed by atoms with Crippen LogP contribution in [0.5, 0.6) is 0 Å². The monoisotopic (exact) mass is 221 g/mol. The molecule has 4 atom stereocenters. The molecule has 3 fully saturated rings. The number of hydrogen-bond acceptors (Lipinski definition) is 1. The molecule has 0 spiro atoms. The molecule has 3 rings (SSSR count). The van der Waals surface area contributed by atoms with E-state index in [4.69, 9.17) is 0 Å². The molecule has 2 heteroatoms. The van der Waals surface area contributed by atoms with Gasteiger partial charge in [0, 0.05) is 12.0 Å². The molecule has 0 aromatic heterocycles. The van der Waals surface area contributed by atoms with Gasteiger partial charge in [0.05, 0.1) is 0 Å². The summed E-state index contributed by atoms with van der Waals surface area (Å²) in [6.45, 7) is 2.29. The molecule has 0 heterocycles. The first-order chi connectivity index (χ1) is 7.74. The average Bonchev–Trinajstić information content (AvgIpc) is 2.89. The Morgan fingerprint density at radius 3 is 2.44 bits per heavy atom. The first-order valence-corrected chi connectivity index (χ1v) is 7.04. The molecule has 90 valence electrons. The van der Waals surface area contributed by atoms with E-state index in [1.165, 1.54) is 44.9 Å². The third kappa shape index (κ3) is 1.99. The van der Waals surface area contributed by atoms with Crippen molar-refractivity contribution in [2.75, 3.05) is 0 Å². The highest BCUT2D eigenvalue weighted by Crippen LogP contribution is 2.54. The van der Waals surface area contributed by atoms with Crippen LogP contribution < -0.4 is 5.32 Å². The maximum absolute atomic E-state index is 12.1. The fraction of sp³-hybridized carbons (Fsp3) is 0.929. The van der Waals surface area contributed by atoms with E-state index in [0.717, 1.165) is 11.8 Å². The predicted molar refractivity (Wildman–Crippen MR) is 63.9 cm³/mol. The Morgan fingerprint density at radius 1 is 1.06 bits per heavy atom. The molecule has 0 radical (unpaired) electrons. The molecule has 0 aromatic carbocycles. The number of carbonyl (C=O) groups excluding carboxylic acids is 1. The molecular formula is C14H23NO. The Labute approximate surface area is 98.2 Å². The third-order valence-corrected chi connectivity index (χ3v) is 5.05. The van der Waals surface area contributed by atoms with Gasteiger partial charge >= 0.3 is 0 Å². The summed E-state index contributed by atoms with van der Waals surface area (Å²) in [7, 11) is 0. The van der Waals surface area contributed by atoms with E-state index in [1.54, 1.807) is 0 Å². The number of nitrogens with one attached hydrogen (secondary N) is 1. The van der Waals surface area contributed by atoms with E-state index >= 15 is 0 Å². The molecule has 0 saturated heterocycles. The molecule has 1 amide bonds. The fourth-order valence-electron chi connectivity index (χ4n) is 3.76. The zero-order valence-corrected chi connectivity index (χ0v) is 10.2. The van der Waals surface area contributed by atoms with Gasteiger partial charge in [-0.25, -0.2) is 0 Å². The van der Waals surface area contributed by atoms with Crippen molar-refractivity contribution in [2.45, 2.75) is 57.9 Å². The maximum Gasteiger partial charge on any atom is 0.223 e. The van der Waals surface area contributed by atoms with Gasteiger partial charge in [0.25, 0.3) is 0 Å². The summed E-state index contributed by atoms with van der Waals surface area (Å²) in [5.41, 5.74) is 0. The van der Waals surface area contributed by atoms with Crippen LogP contribution >= 0.6 is 0 Å². The van der Waals surface area contributed by atoms with Crippen LogP contribution in [0.3, 0.4) is 0 Å². The maximum atomic E-state index is 12.1. The lowest BCUT2D eigenvalue weighted by Crippen LogP contribution is -2.43. The summed E-state index contributed by atoms with van der Waals surface area (Å²) in [6, 6.07) is 0.471. The van der Waals surface area contributed by atoms with Gasteiger partial charge in [-0.15, -0.1) is 0 Å². The quantitative estimate of drug-likeness (QED) is 0.763. The van der Waals surface area contributed by atoms with Crippen LogP contribution in [-0.4, -0.2) is 11.9 Å². The smallest absolute Gasteiger partial charge is 0.223 e. The van der Waals surface area contributed by atoms with Crippen LogP contribution in [0.4, 0.5) is 0 Å². The van der Waals surface area contributed by atoms with E-state index in [-0.39, 0.29) is 0 Å². The minimum Gasteiger partial charge on any atom is -0.353 e. The molecule has 3 aliphatic rings. The average molecular weight is 221 g/mol. The van der Waals surface area contributed by atoms with Gasteiger partial charge in [-0.2, -0.15) is 0 Å². The second kappa shape index (κ2) is 4.05. The zero-order chi connectivity index (χ0) is 11.1. The van der Waals surface area contributed by atoms with Gasteiger partial charge in [0.1, 0.15) is 0 Å². The summed E-state index contributed by atoms with van der Waals surface area (Å²) < 4.78 is 0. The van der Waals surface area contributed by atoms with Crippen molar-refractivity contribution in [3.05, 3.63) is 0 Å². The van der Waals surface area contributed by atoms with Crippen molar-refractivity contribution in [3.63, 3.8) is 0 Å². The summed E-state index contributed by atoms with van der Waals surface area (Å²) in [4.78, 5) is 12.1. The Morgan fingerprint density at radius 2 is 1.75 bits per heavy atom. The number of amides is 1. The lowest BCUT2D eigenvalue weighted by molar-refractivity contribution is -0.126. The molecule has 3 saturated carbocycles. The highest BCUT2D eigenvalue weighted by Gasteiger charge is 2.48. The van der Waals surface area contributed by atoms with Gasteiger partial charge in [-0.05, 0) is 49.9 Å². The molecule has 0 bridgehead atoms. The fourth-order valence-corrected chi connectivity index (χ4v) is 3.76. The van der Waals surface area contributed by atoms with Crippen LogP contribution in [0.1, 0.15) is 51.9 Å². The van der Waals surface area contributed by atoms with Crippen LogP contribution in [0.15, 0.2) is 0 Å². The Bertz CT molecular complexity index is 278. The van der Waals surface area contributed by atoms with Crippen LogP contribution in [0.25, 0.3) is 0 Å². The molecule has 4 unspecified atom stereocenters. The van der Waals surface area contributed by atoms with Crippen LogP contribution in [0, 0.1) is 23.7 Å².